The molecule has 1 N–H and O–H groups in total. The van der Waals surface area contributed by atoms with Crippen molar-refractivity contribution < 1.29 is 33.4 Å². The van der Waals surface area contributed by atoms with Crippen molar-refractivity contribution in [1.29, 1.82) is 0 Å². The summed E-state index contributed by atoms with van der Waals surface area (Å²) in [4.78, 5) is 63.8. The number of amides is 3. The van der Waals surface area contributed by atoms with Crippen molar-refractivity contribution in [3.8, 4) is 0 Å². The third-order valence-corrected chi connectivity index (χ3v) is 6.59. The molecule has 33 heavy (non-hydrogen) atoms. The van der Waals surface area contributed by atoms with E-state index in [2.05, 4.69) is 10.1 Å². The van der Waals surface area contributed by atoms with Gasteiger partial charge in [-0.25, -0.2) is 9.59 Å². The zero-order chi connectivity index (χ0) is 23.9. The predicted molar refractivity (Wildman–Crippen MR) is 116 cm³/mol. The minimum absolute atomic E-state index is 0.0432. The largest absolute Gasteiger partial charge is 0.465 e. The Kier molecular flexibility index (Phi) is 6.05. The first-order valence-corrected chi connectivity index (χ1v) is 10.9. The zero-order valence-corrected chi connectivity index (χ0v) is 18.6. The molecule has 3 aliphatic rings. The topological polar surface area (TPSA) is 119 Å². The van der Waals surface area contributed by atoms with E-state index in [1.165, 1.54) is 31.4 Å². The van der Waals surface area contributed by atoms with Crippen LogP contribution in [-0.4, -0.2) is 54.3 Å². The number of methoxy groups -OCH3 is 1. The van der Waals surface area contributed by atoms with Crippen LogP contribution in [0.25, 0.3) is 0 Å². The molecule has 1 saturated carbocycles. The van der Waals surface area contributed by atoms with Crippen molar-refractivity contribution >= 4 is 35.3 Å². The minimum Gasteiger partial charge on any atom is -0.465 e. The van der Waals surface area contributed by atoms with Gasteiger partial charge in [0.05, 0.1) is 24.5 Å². The fourth-order valence-corrected chi connectivity index (χ4v) is 5.10. The second kappa shape index (κ2) is 8.80. The zero-order valence-electron chi connectivity index (χ0n) is 18.6. The molecule has 0 unspecified atom stereocenters. The Balaban J connectivity index is 1.37. The summed E-state index contributed by atoms with van der Waals surface area (Å²) < 4.78 is 9.81. The van der Waals surface area contributed by atoms with Gasteiger partial charge < -0.3 is 14.8 Å². The number of imide groups is 1. The lowest BCUT2D eigenvalue weighted by Crippen LogP contribution is -2.50. The highest BCUT2D eigenvalue weighted by Crippen LogP contribution is 2.53. The number of likely N-dealkylation sites (tertiary alicyclic amines) is 1. The Bertz CT molecular complexity index is 1000. The number of ether oxygens (including phenoxy) is 2. The average molecular weight is 454 g/mol. The van der Waals surface area contributed by atoms with Gasteiger partial charge in [0, 0.05) is 5.69 Å². The highest BCUT2D eigenvalue weighted by Gasteiger charge is 2.61. The fourth-order valence-electron chi connectivity index (χ4n) is 5.10. The molecule has 1 saturated heterocycles. The fraction of sp³-hybridized carbons (Fsp3) is 0.458. The lowest BCUT2D eigenvalue weighted by atomic mass is 9.85. The van der Waals surface area contributed by atoms with E-state index in [4.69, 9.17) is 4.74 Å². The number of carbonyl (C=O) groups excluding carboxylic acids is 5. The molecule has 0 aromatic heterocycles. The van der Waals surface area contributed by atoms with Gasteiger partial charge in [0.25, 0.3) is 5.91 Å². The SMILES string of the molecule is COC(=O)c1ccc(NC(=O)COC(=O)[C@@H](C(C)C)N2C(=O)[C@@H]3[C@H](C2=O)[C@H]2C=C[C@H]3C2)cc1. The van der Waals surface area contributed by atoms with Crippen molar-refractivity contribution in [3.05, 3.63) is 42.0 Å². The normalized spacial score (nSPS) is 25.9. The number of nitrogens with one attached hydrogen (secondary N) is 1. The minimum atomic E-state index is -1.08. The lowest BCUT2D eigenvalue weighted by molar-refractivity contribution is -0.162. The molecule has 5 atom stereocenters. The van der Waals surface area contributed by atoms with E-state index in [1.54, 1.807) is 13.8 Å². The molecule has 3 amide bonds. The number of carbonyl (C=O) groups is 5. The monoisotopic (exact) mass is 454 g/mol. The predicted octanol–water partition coefficient (Wildman–Crippen LogP) is 1.79. The Morgan fingerprint density at radius 2 is 1.61 bits per heavy atom. The third kappa shape index (κ3) is 4.03. The first-order valence-electron chi connectivity index (χ1n) is 10.9. The first-order chi connectivity index (χ1) is 15.7. The molecular weight excluding hydrogens is 428 g/mol. The molecule has 2 fully saturated rings. The third-order valence-electron chi connectivity index (χ3n) is 6.59. The van der Waals surface area contributed by atoms with Gasteiger partial charge in [-0.1, -0.05) is 26.0 Å². The van der Waals surface area contributed by atoms with Gasteiger partial charge in [0.1, 0.15) is 6.04 Å². The maximum atomic E-state index is 13.1. The first kappa shape index (κ1) is 22.7. The highest BCUT2D eigenvalue weighted by molar-refractivity contribution is 6.09. The molecule has 1 aromatic carbocycles. The summed E-state index contributed by atoms with van der Waals surface area (Å²) in [6, 6.07) is 4.94. The summed E-state index contributed by atoms with van der Waals surface area (Å²) in [5, 5.41) is 2.56. The van der Waals surface area contributed by atoms with E-state index in [1.807, 2.05) is 12.2 Å². The second-order valence-electron chi connectivity index (χ2n) is 8.96. The smallest absolute Gasteiger partial charge is 0.337 e. The number of allylic oxidation sites excluding steroid dienone is 2. The van der Waals surface area contributed by atoms with Crippen molar-refractivity contribution in [3.63, 3.8) is 0 Å². The number of esters is 2. The van der Waals surface area contributed by atoms with Crippen LogP contribution in [0.1, 0.15) is 30.6 Å². The van der Waals surface area contributed by atoms with Gasteiger partial charge in [-0.3, -0.25) is 19.3 Å². The van der Waals surface area contributed by atoms with Gasteiger partial charge in [-0.05, 0) is 48.4 Å². The van der Waals surface area contributed by atoms with E-state index in [0.29, 0.717) is 11.3 Å². The molecule has 9 heteroatoms. The van der Waals surface area contributed by atoms with Gasteiger partial charge in [-0.2, -0.15) is 0 Å². The number of hydrogen-bond donors (Lipinski definition) is 1. The lowest BCUT2D eigenvalue weighted by Gasteiger charge is -2.28. The molecule has 9 nitrogen and oxygen atoms in total. The van der Waals surface area contributed by atoms with Gasteiger partial charge in [-0.15, -0.1) is 0 Å². The van der Waals surface area contributed by atoms with Crippen molar-refractivity contribution in [2.45, 2.75) is 26.3 Å². The van der Waals surface area contributed by atoms with E-state index in [-0.39, 0.29) is 29.6 Å². The number of fused-ring (bicyclic) bond motifs is 5. The molecule has 4 rings (SSSR count). The molecule has 0 radical (unpaired) electrons. The highest BCUT2D eigenvalue weighted by atomic mass is 16.5. The van der Waals surface area contributed by atoms with Crippen LogP contribution >= 0.6 is 0 Å². The van der Waals surface area contributed by atoms with Crippen molar-refractivity contribution in [1.82, 2.24) is 4.90 Å². The van der Waals surface area contributed by atoms with Crippen LogP contribution in [0.2, 0.25) is 0 Å². The van der Waals surface area contributed by atoms with Crippen LogP contribution in [0.15, 0.2) is 36.4 Å². The van der Waals surface area contributed by atoms with Crippen molar-refractivity contribution in [2.24, 2.45) is 29.6 Å². The number of nitrogens with zero attached hydrogens (tertiary/aromatic N) is 1. The summed E-state index contributed by atoms with van der Waals surface area (Å²) >= 11 is 0. The second-order valence-corrected chi connectivity index (χ2v) is 8.96. The molecular formula is C24H26N2O7. The molecule has 1 aliphatic heterocycles. The Morgan fingerprint density at radius 1 is 1.03 bits per heavy atom. The standard InChI is InChI=1S/C24H26N2O7/c1-12(2)20(26-21(28)18-14-4-5-15(10-14)19(18)22(26)29)24(31)33-11-17(27)25-16-8-6-13(7-9-16)23(30)32-3/h4-9,12,14-15,18-20H,10-11H2,1-3H3,(H,25,27)/t14-,15-,18-,19+,20+/m0/s1. The summed E-state index contributed by atoms with van der Waals surface area (Å²) in [5.41, 5.74) is 0.736. The van der Waals surface area contributed by atoms with Crippen LogP contribution in [0.5, 0.6) is 0 Å². The Labute approximate surface area is 191 Å². The van der Waals surface area contributed by atoms with Crippen LogP contribution < -0.4 is 5.32 Å². The van der Waals surface area contributed by atoms with Crippen LogP contribution in [0, 0.1) is 29.6 Å². The number of benzene rings is 1. The maximum Gasteiger partial charge on any atom is 0.337 e. The quantitative estimate of drug-likeness (QED) is 0.379. The molecule has 2 bridgehead atoms. The van der Waals surface area contributed by atoms with Gasteiger partial charge in [0.15, 0.2) is 6.61 Å². The van der Waals surface area contributed by atoms with Crippen LogP contribution in [0.3, 0.4) is 0 Å². The van der Waals surface area contributed by atoms with E-state index < -0.39 is 42.3 Å². The van der Waals surface area contributed by atoms with Gasteiger partial charge in [0.2, 0.25) is 11.8 Å². The van der Waals surface area contributed by atoms with Gasteiger partial charge >= 0.3 is 11.9 Å². The summed E-state index contributed by atoms with van der Waals surface area (Å²) in [6.45, 7) is 2.89. The number of anilines is 1. The maximum absolute atomic E-state index is 13.1. The molecule has 174 valence electrons. The summed E-state index contributed by atoms with van der Waals surface area (Å²) in [7, 11) is 1.27. The molecule has 1 heterocycles. The molecule has 0 spiro atoms. The molecule has 1 aromatic rings. The van der Waals surface area contributed by atoms with E-state index in [9.17, 15) is 24.0 Å². The van der Waals surface area contributed by atoms with Crippen LogP contribution in [-0.2, 0) is 28.7 Å². The number of rotatable bonds is 7. The summed E-state index contributed by atoms with van der Waals surface area (Å²) in [6.07, 6.45) is 4.79. The Hall–Kier alpha value is -3.49. The number of hydrogen-bond acceptors (Lipinski definition) is 7. The molecule has 2 aliphatic carbocycles. The van der Waals surface area contributed by atoms with E-state index >= 15 is 0 Å². The van der Waals surface area contributed by atoms with Crippen LogP contribution in [0.4, 0.5) is 5.69 Å². The average Bonchev–Trinajstić information content (AvgIpc) is 3.47. The van der Waals surface area contributed by atoms with E-state index in [0.717, 1.165) is 11.3 Å². The summed E-state index contributed by atoms with van der Waals surface area (Å²) in [5.74, 6) is -3.62. The van der Waals surface area contributed by atoms with Crippen molar-refractivity contribution in [2.75, 3.05) is 19.0 Å². The Morgan fingerprint density at radius 3 is 2.12 bits per heavy atom.